The molecule has 0 aromatic heterocycles. The summed E-state index contributed by atoms with van der Waals surface area (Å²) in [6.45, 7) is 7.49. The van der Waals surface area contributed by atoms with Crippen LogP contribution in [0.5, 0.6) is 0 Å². The molecule has 0 bridgehead atoms. The third-order valence-corrected chi connectivity index (χ3v) is 0.743. The van der Waals surface area contributed by atoms with Gasteiger partial charge in [-0.2, -0.15) is 0 Å². The molecule has 0 aliphatic carbocycles. The minimum atomic E-state index is -0.188. The van der Waals surface area contributed by atoms with Crippen LogP contribution in [0.25, 0.3) is 0 Å². The fraction of sp³-hybridized carbons (Fsp3) is 0.833. The molecule has 7 heavy (non-hydrogen) atoms. The van der Waals surface area contributed by atoms with Crippen molar-refractivity contribution in [2.75, 3.05) is 0 Å². The van der Waals surface area contributed by atoms with Crippen LogP contribution in [0.4, 0.5) is 0 Å². The van der Waals surface area contributed by atoms with Crippen LogP contribution in [0.3, 0.4) is 0 Å². The summed E-state index contributed by atoms with van der Waals surface area (Å²) in [5, 5.41) is 8.68. The lowest BCUT2D eigenvalue weighted by Crippen LogP contribution is -2.03. The van der Waals surface area contributed by atoms with Gasteiger partial charge in [-0.05, 0) is 19.3 Å². The van der Waals surface area contributed by atoms with E-state index in [9.17, 15) is 0 Å². The van der Waals surface area contributed by atoms with Crippen molar-refractivity contribution in [2.45, 2.75) is 26.4 Å². The second-order valence-corrected chi connectivity index (χ2v) is 2.19. The Kier molecular flexibility index (Phi) is 3.01. The van der Waals surface area contributed by atoms with Crippen molar-refractivity contribution >= 4 is 0 Å². The molecule has 0 aliphatic rings. The maximum atomic E-state index is 8.68. The zero-order valence-corrected chi connectivity index (χ0v) is 5.02. The maximum Gasteiger partial charge on any atom is 0.0514 e. The Morgan fingerprint density at radius 1 is 1.57 bits per heavy atom. The Morgan fingerprint density at radius 3 is 2.00 bits per heavy atom. The summed E-state index contributed by atoms with van der Waals surface area (Å²) in [7, 11) is 0. The molecule has 0 rings (SSSR count). The smallest absolute Gasteiger partial charge is 0.0514 e. The quantitative estimate of drug-likeness (QED) is 0.554. The molecule has 0 spiro atoms. The molecule has 2 unspecified atom stereocenters. The van der Waals surface area contributed by atoms with Gasteiger partial charge in [-0.1, -0.05) is 13.8 Å². The lowest BCUT2D eigenvalue weighted by molar-refractivity contribution is 0.172. The standard InChI is InChI=1S/C6H13O/c1-5(2)4-6(3)7/h5-7H,1,4H2,2-3H3. The highest BCUT2D eigenvalue weighted by Gasteiger charge is 1.97. The topological polar surface area (TPSA) is 20.2 Å². The van der Waals surface area contributed by atoms with Gasteiger partial charge in [0.15, 0.2) is 0 Å². The van der Waals surface area contributed by atoms with Gasteiger partial charge >= 0.3 is 0 Å². The van der Waals surface area contributed by atoms with Crippen LogP contribution in [-0.2, 0) is 0 Å². The average Bonchev–Trinajstić information content (AvgIpc) is 1.27. The molecule has 43 valence electrons. The van der Waals surface area contributed by atoms with E-state index in [1.165, 1.54) is 0 Å². The van der Waals surface area contributed by atoms with E-state index in [1.807, 2.05) is 6.92 Å². The summed E-state index contributed by atoms with van der Waals surface area (Å²) >= 11 is 0. The van der Waals surface area contributed by atoms with Crippen molar-refractivity contribution in [3.63, 3.8) is 0 Å². The molecule has 0 aromatic carbocycles. The largest absolute Gasteiger partial charge is 0.393 e. The van der Waals surface area contributed by atoms with Gasteiger partial charge in [-0.3, -0.25) is 0 Å². The number of hydrogen-bond acceptors (Lipinski definition) is 1. The Balaban J connectivity index is 2.95. The van der Waals surface area contributed by atoms with E-state index >= 15 is 0 Å². The maximum absolute atomic E-state index is 8.68. The molecule has 0 fully saturated rings. The molecule has 0 aliphatic heterocycles. The Hall–Kier alpha value is -0.0400. The van der Waals surface area contributed by atoms with E-state index in [0.29, 0.717) is 5.92 Å². The second-order valence-electron chi connectivity index (χ2n) is 2.19. The SMILES string of the molecule is [CH2]C(C)CC(C)O. The van der Waals surface area contributed by atoms with Gasteiger partial charge in [0.2, 0.25) is 0 Å². The summed E-state index contributed by atoms with van der Waals surface area (Å²) in [4.78, 5) is 0. The van der Waals surface area contributed by atoms with Crippen LogP contribution in [0.15, 0.2) is 0 Å². The molecule has 1 heteroatoms. The fourth-order valence-electron chi connectivity index (χ4n) is 0.582. The van der Waals surface area contributed by atoms with Crippen molar-refractivity contribution in [3.8, 4) is 0 Å². The Morgan fingerprint density at radius 2 is 2.00 bits per heavy atom. The van der Waals surface area contributed by atoms with E-state index in [0.717, 1.165) is 6.42 Å². The molecule has 2 atom stereocenters. The van der Waals surface area contributed by atoms with Crippen LogP contribution in [0.2, 0.25) is 0 Å². The van der Waals surface area contributed by atoms with E-state index in [-0.39, 0.29) is 6.10 Å². The zero-order valence-electron chi connectivity index (χ0n) is 5.02. The first-order chi connectivity index (χ1) is 3.13. The van der Waals surface area contributed by atoms with Gasteiger partial charge in [0, 0.05) is 0 Å². The van der Waals surface area contributed by atoms with Crippen molar-refractivity contribution < 1.29 is 5.11 Å². The highest BCUT2D eigenvalue weighted by atomic mass is 16.3. The third-order valence-electron chi connectivity index (χ3n) is 0.743. The van der Waals surface area contributed by atoms with Gasteiger partial charge < -0.3 is 5.11 Å². The number of aliphatic hydroxyl groups excluding tert-OH is 1. The van der Waals surface area contributed by atoms with Crippen molar-refractivity contribution in [1.29, 1.82) is 0 Å². The Bertz CT molecular complexity index is 33.4. The van der Waals surface area contributed by atoms with Crippen LogP contribution in [0, 0.1) is 12.8 Å². The number of aliphatic hydroxyl groups is 1. The molecule has 0 saturated carbocycles. The Labute approximate surface area is 45.4 Å². The molecule has 1 nitrogen and oxygen atoms in total. The average molecular weight is 101 g/mol. The number of rotatable bonds is 2. The summed E-state index contributed by atoms with van der Waals surface area (Å²) < 4.78 is 0. The second kappa shape index (κ2) is 3.03. The highest BCUT2D eigenvalue weighted by molar-refractivity contribution is 4.56. The van der Waals surface area contributed by atoms with E-state index in [4.69, 9.17) is 5.11 Å². The molecule has 0 heterocycles. The first-order valence-corrected chi connectivity index (χ1v) is 2.64. The molecular formula is C6H13O. The first-order valence-electron chi connectivity index (χ1n) is 2.64. The van der Waals surface area contributed by atoms with E-state index in [1.54, 1.807) is 6.92 Å². The summed E-state index contributed by atoms with van der Waals surface area (Å²) in [6, 6.07) is 0. The lowest BCUT2D eigenvalue weighted by Gasteiger charge is -2.04. The summed E-state index contributed by atoms with van der Waals surface area (Å²) in [5.41, 5.74) is 0. The molecule has 1 N–H and O–H groups in total. The zero-order chi connectivity index (χ0) is 5.86. The normalized spacial score (nSPS) is 15.0. The molecular weight excluding hydrogens is 88.1 g/mol. The van der Waals surface area contributed by atoms with Crippen molar-refractivity contribution in [1.82, 2.24) is 0 Å². The minimum absolute atomic E-state index is 0.188. The van der Waals surface area contributed by atoms with Crippen LogP contribution in [0.1, 0.15) is 20.3 Å². The van der Waals surface area contributed by atoms with E-state index in [2.05, 4.69) is 6.92 Å². The van der Waals surface area contributed by atoms with E-state index < -0.39 is 0 Å². The van der Waals surface area contributed by atoms with Gasteiger partial charge in [0.05, 0.1) is 6.10 Å². The predicted octanol–water partition coefficient (Wildman–Crippen LogP) is 1.23. The molecule has 0 aromatic rings. The number of hydrogen-bond donors (Lipinski definition) is 1. The third kappa shape index (κ3) is 5.96. The highest BCUT2D eigenvalue weighted by Crippen LogP contribution is 2.01. The van der Waals surface area contributed by atoms with Crippen molar-refractivity contribution in [3.05, 3.63) is 6.92 Å². The van der Waals surface area contributed by atoms with Crippen LogP contribution in [-0.4, -0.2) is 11.2 Å². The molecule has 1 radical (unpaired) electrons. The summed E-state index contributed by atoms with van der Waals surface area (Å²) in [5.74, 6) is 0.375. The summed E-state index contributed by atoms with van der Waals surface area (Å²) in [6.07, 6.45) is 0.618. The van der Waals surface area contributed by atoms with Gasteiger partial charge in [0.25, 0.3) is 0 Å². The van der Waals surface area contributed by atoms with Crippen LogP contribution >= 0.6 is 0 Å². The predicted molar refractivity (Wildman–Crippen MR) is 30.8 cm³/mol. The lowest BCUT2D eigenvalue weighted by atomic mass is 10.1. The van der Waals surface area contributed by atoms with Crippen molar-refractivity contribution in [2.24, 2.45) is 5.92 Å². The monoisotopic (exact) mass is 101 g/mol. The first kappa shape index (κ1) is 6.96. The molecule has 0 saturated heterocycles. The van der Waals surface area contributed by atoms with Gasteiger partial charge in [-0.25, -0.2) is 0 Å². The fourth-order valence-corrected chi connectivity index (χ4v) is 0.582. The van der Waals surface area contributed by atoms with Gasteiger partial charge in [-0.15, -0.1) is 0 Å². The minimum Gasteiger partial charge on any atom is -0.393 e. The van der Waals surface area contributed by atoms with Crippen LogP contribution < -0.4 is 0 Å². The molecule has 0 amide bonds. The van der Waals surface area contributed by atoms with Gasteiger partial charge in [0.1, 0.15) is 0 Å².